The second kappa shape index (κ2) is 5.20. The smallest absolute Gasteiger partial charge is 0.0594 e. The van der Waals surface area contributed by atoms with Gasteiger partial charge in [0, 0.05) is 9.58 Å². The average molecular weight is 274 g/mol. The molecule has 4 heteroatoms. The Labute approximate surface area is 114 Å². The lowest BCUT2D eigenvalue weighted by atomic mass is 10.0. The van der Waals surface area contributed by atoms with E-state index in [1.807, 2.05) is 0 Å². The number of fused-ring (bicyclic) bond motifs is 1. The number of benzene rings is 1. The maximum absolute atomic E-state index is 5.68. The molecular formula is C14H14N2S2. The van der Waals surface area contributed by atoms with Gasteiger partial charge in [-0.05, 0) is 40.3 Å². The normalized spacial score (nSPS) is 12.9. The van der Waals surface area contributed by atoms with Crippen LogP contribution in [0.5, 0.6) is 0 Å². The van der Waals surface area contributed by atoms with E-state index in [9.17, 15) is 0 Å². The molecule has 1 unspecified atom stereocenters. The number of hydrazine groups is 1. The predicted octanol–water partition coefficient (Wildman–Crippen LogP) is 3.71. The highest BCUT2D eigenvalue weighted by Crippen LogP contribution is 2.30. The van der Waals surface area contributed by atoms with Gasteiger partial charge in [0.15, 0.2) is 0 Å². The first-order valence-corrected chi connectivity index (χ1v) is 7.59. The minimum atomic E-state index is 0.197. The fourth-order valence-corrected chi connectivity index (χ4v) is 3.90. The van der Waals surface area contributed by atoms with Gasteiger partial charge in [-0.15, -0.1) is 22.7 Å². The maximum Gasteiger partial charge on any atom is 0.0594 e. The molecule has 1 atom stereocenters. The third-order valence-electron chi connectivity index (χ3n) is 3.07. The van der Waals surface area contributed by atoms with Gasteiger partial charge in [0.1, 0.15) is 0 Å². The zero-order valence-electron chi connectivity index (χ0n) is 9.80. The quantitative estimate of drug-likeness (QED) is 0.562. The standard InChI is InChI=1S/C14H14N2S2/c15-16-12(14-6-3-7-17-14)8-10-9-18-13-5-2-1-4-11(10)13/h1-7,9,12,16H,8,15H2. The van der Waals surface area contributed by atoms with Gasteiger partial charge >= 0.3 is 0 Å². The molecule has 0 aliphatic heterocycles. The summed E-state index contributed by atoms with van der Waals surface area (Å²) in [6, 6.07) is 12.9. The van der Waals surface area contributed by atoms with Crippen molar-refractivity contribution in [3.8, 4) is 0 Å². The van der Waals surface area contributed by atoms with Crippen molar-refractivity contribution in [2.45, 2.75) is 12.5 Å². The van der Waals surface area contributed by atoms with E-state index in [1.165, 1.54) is 20.5 Å². The molecule has 0 aliphatic rings. The van der Waals surface area contributed by atoms with E-state index < -0.39 is 0 Å². The van der Waals surface area contributed by atoms with E-state index in [4.69, 9.17) is 5.84 Å². The summed E-state index contributed by atoms with van der Waals surface area (Å²) in [7, 11) is 0. The lowest BCUT2D eigenvalue weighted by Crippen LogP contribution is -2.28. The monoisotopic (exact) mass is 274 g/mol. The summed E-state index contributed by atoms with van der Waals surface area (Å²) in [4.78, 5) is 1.28. The second-order valence-corrected chi connectivity index (χ2v) is 6.09. The first kappa shape index (κ1) is 11.9. The molecule has 0 radical (unpaired) electrons. The summed E-state index contributed by atoms with van der Waals surface area (Å²) in [5.74, 6) is 5.68. The summed E-state index contributed by atoms with van der Waals surface area (Å²) in [5.41, 5.74) is 4.29. The minimum Gasteiger partial charge on any atom is -0.271 e. The van der Waals surface area contributed by atoms with Crippen LogP contribution in [0.2, 0.25) is 0 Å². The lowest BCUT2D eigenvalue weighted by molar-refractivity contribution is 0.563. The predicted molar refractivity (Wildman–Crippen MR) is 79.9 cm³/mol. The number of hydrogen-bond donors (Lipinski definition) is 2. The molecule has 3 rings (SSSR count). The van der Waals surface area contributed by atoms with Gasteiger partial charge in [-0.1, -0.05) is 24.3 Å². The highest BCUT2D eigenvalue weighted by atomic mass is 32.1. The van der Waals surface area contributed by atoms with Crippen LogP contribution in [-0.4, -0.2) is 0 Å². The first-order valence-electron chi connectivity index (χ1n) is 5.83. The molecule has 3 aromatic rings. The van der Waals surface area contributed by atoms with Crippen molar-refractivity contribution in [2.75, 3.05) is 0 Å². The fourth-order valence-electron chi connectivity index (χ4n) is 2.14. The zero-order valence-corrected chi connectivity index (χ0v) is 11.4. The van der Waals surface area contributed by atoms with Gasteiger partial charge in [0.25, 0.3) is 0 Å². The zero-order chi connectivity index (χ0) is 12.4. The molecule has 2 aromatic heterocycles. The topological polar surface area (TPSA) is 38.0 Å². The molecule has 2 nitrogen and oxygen atoms in total. The number of nitrogens with one attached hydrogen (secondary N) is 1. The van der Waals surface area contributed by atoms with Crippen molar-refractivity contribution in [3.05, 3.63) is 57.6 Å². The van der Waals surface area contributed by atoms with Gasteiger partial charge in [-0.25, -0.2) is 0 Å². The molecule has 92 valence electrons. The van der Waals surface area contributed by atoms with Crippen molar-refractivity contribution < 1.29 is 0 Å². The third kappa shape index (κ3) is 2.20. The van der Waals surface area contributed by atoms with Crippen LogP contribution in [0.3, 0.4) is 0 Å². The van der Waals surface area contributed by atoms with Crippen molar-refractivity contribution in [1.82, 2.24) is 5.43 Å². The van der Waals surface area contributed by atoms with Crippen LogP contribution in [0.25, 0.3) is 10.1 Å². The number of nitrogens with two attached hydrogens (primary N) is 1. The molecule has 0 spiro atoms. The molecule has 18 heavy (non-hydrogen) atoms. The van der Waals surface area contributed by atoms with Crippen LogP contribution in [0.1, 0.15) is 16.5 Å². The SMILES string of the molecule is NNC(Cc1csc2ccccc12)c1cccs1. The maximum atomic E-state index is 5.68. The van der Waals surface area contributed by atoms with E-state index in [-0.39, 0.29) is 6.04 Å². The van der Waals surface area contributed by atoms with Gasteiger partial charge in [0.05, 0.1) is 6.04 Å². The molecule has 0 saturated carbocycles. The number of hydrogen-bond acceptors (Lipinski definition) is 4. The summed E-state index contributed by atoms with van der Waals surface area (Å²) in [6.45, 7) is 0. The Morgan fingerprint density at radius 1 is 1.11 bits per heavy atom. The molecule has 0 saturated heterocycles. The van der Waals surface area contributed by atoms with E-state index in [2.05, 4.69) is 52.6 Å². The van der Waals surface area contributed by atoms with E-state index in [0.717, 1.165) is 6.42 Å². The van der Waals surface area contributed by atoms with Crippen LogP contribution in [-0.2, 0) is 6.42 Å². The molecule has 3 N–H and O–H groups in total. The molecule has 1 aromatic carbocycles. The Morgan fingerprint density at radius 3 is 2.78 bits per heavy atom. The van der Waals surface area contributed by atoms with Gasteiger partial charge in [-0.2, -0.15) is 0 Å². The van der Waals surface area contributed by atoms with Crippen molar-refractivity contribution in [2.24, 2.45) is 5.84 Å². The average Bonchev–Trinajstić information content (AvgIpc) is 3.06. The summed E-state index contributed by atoms with van der Waals surface area (Å²) in [5, 5.41) is 5.67. The second-order valence-electron chi connectivity index (χ2n) is 4.20. The van der Waals surface area contributed by atoms with Crippen LogP contribution in [0.15, 0.2) is 47.2 Å². The number of rotatable bonds is 4. The Morgan fingerprint density at radius 2 is 2.00 bits per heavy atom. The van der Waals surface area contributed by atoms with E-state index in [0.29, 0.717) is 0 Å². The molecule has 0 amide bonds. The minimum absolute atomic E-state index is 0.197. The van der Waals surface area contributed by atoms with Crippen molar-refractivity contribution in [1.29, 1.82) is 0 Å². The van der Waals surface area contributed by atoms with Crippen LogP contribution < -0.4 is 11.3 Å². The highest BCUT2D eigenvalue weighted by Gasteiger charge is 2.13. The fraction of sp³-hybridized carbons (Fsp3) is 0.143. The third-order valence-corrected chi connectivity index (χ3v) is 5.07. The summed E-state index contributed by atoms with van der Waals surface area (Å²) >= 11 is 3.54. The van der Waals surface area contributed by atoms with E-state index >= 15 is 0 Å². The van der Waals surface area contributed by atoms with Gasteiger partial charge < -0.3 is 0 Å². The molecular weight excluding hydrogens is 260 g/mol. The van der Waals surface area contributed by atoms with Gasteiger partial charge in [-0.3, -0.25) is 11.3 Å². The summed E-state index contributed by atoms with van der Waals surface area (Å²) in [6.07, 6.45) is 0.932. The number of thiophene rings is 2. The summed E-state index contributed by atoms with van der Waals surface area (Å²) < 4.78 is 1.34. The Bertz CT molecular complexity index is 628. The van der Waals surface area contributed by atoms with Crippen molar-refractivity contribution in [3.63, 3.8) is 0 Å². The molecule has 0 aliphatic carbocycles. The Hall–Kier alpha value is -1.20. The van der Waals surface area contributed by atoms with Crippen LogP contribution in [0, 0.1) is 0 Å². The van der Waals surface area contributed by atoms with Crippen LogP contribution in [0.4, 0.5) is 0 Å². The molecule has 0 fully saturated rings. The molecule has 0 bridgehead atoms. The lowest BCUT2D eigenvalue weighted by Gasteiger charge is -2.13. The largest absolute Gasteiger partial charge is 0.271 e. The Balaban J connectivity index is 1.91. The van der Waals surface area contributed by atoms with E-state index in [1.54, 1.807) is 22.7 Å². The molecule has 2 heterocycles. The van der Waals surface area contributed by atoms with Crippen LogP contribution >= 0.6 is 22.7 Å². The first-order chi connectivity index (χ1) is 8.88. The Kier molecular flexibility index (Phi) is 3.43. The highest BCUT2D eigenvalue weighted by molar-refractivity contribution is 7.17. The van der Waals surface area contributed by atoms with Crippen molar-refractivity contribution >= 4 is 32.8 Å². The van der Waals surface area contributed by atoms with Gasteiger partial charge in [0.2, 0.25) is 0 Å².